The Kier molecular flexibility index (Phi) is 5.01. The third-order valence-electron chi connectivity index (χ3n) is 4.17. The number of nitrogens with zero attached hydrogens (tertiary/aromatic N) is 3. The van der Waals surface area contributed by atoms with Gasteiger partial charge in [-0.25, -0.2) is 0 Å². The Morgan fingerprint density at radius 1 is 1.18 bits per heavy atom. The normalized spacial score (nSPS) is 13.0. The maximum absolute atomic E-state index is 12.4. The number of nitrogens with one attached hydrogen (secondary N) is 1. The fourth-order valence-electron chi connectivity index (χ4n) is 2.76. The number of aromatic nitrogens is 3. The van der Waals surface area contributed by atoms with Gasteiger partial charge >= 0.3 is 0 Å². The predicted octanol–water partition coefficient (Wildman–Crippen LogP) is 2.35. The Morgan fingerprint density at radius 3 is 2.89 bits per heavy atom. The molecule has 1 aliphatic rings. The van der Waals surface area contributed by atoms with Crippen molar-refractivity contribution in [2.45, 2.75) is 19.6 Å². The fourth-order valence-corrected chi connectivity index (χ4v) is 2.76. The van der Waals surface area contributed by atoms with Crippen LogP contribution in [0.5, 0.6) is 17.2 Å². The second-order valence-corrected chi connectivity index (χ2v) is 6.09. The summed E-state index contributed by atoms with van der Waals surface area (Å²) in [6.07, 6.45) is 5.91. The molecule has 0 bridgehead atoms. The van der Waals surface area contributed by atoms with E-state index in [9.17, 15) is 4.79 Å². The van der Waals surface area contributed by atoms with Crippen LogP contribution in [0.4, 0.5) is 0 Å². The van der Waals surface area contributed by atoms with E-state index in [1.54, 1.807) is 49.9 Å². The highest BCUT2D eigenvalue weighted by Gasteiger charge is 2.19. The number of ether oxygens (including phenoxy) is 3. The minimum atomic E-state index is -0.695. The first-order valence-corrected chi connectivity index (χ1v) is 8.75. The maximum atomic E-state index is 12.4. The fraction of sp³-hybridized carbons (Fsp3) is 0.200. The minimum absolute atomic E-state index is 0.187. The second-order valence-electron chi connectivity index (χ2n) is 6.09. The molecule has 0 aliphatic carbocycles. The van der Waals surface area contributed by atoms with Crippen LogP contribution in [0, 0.1) is 0 Å². The highest BCUT2D eigenvalue weighted by Crippen LogP contribution is 2.35. The number of hydrogen-bond donors (Lipinski definition) is 1. The minimum Gasteiger partial charge on any atom is -0.481 e. The van der Waals surface area contributed by atoms with Crippen molar-refractivity contribution in [2.75, 3.05) is 6.79 Å². The molecule has 0 fully saturated rings. The van der Waals surface area contributed by atoms with Gasteiger partial charge < -0.3 is 19.5 Å². The van der Waals surface area contributed by atoms with Gasteiger partial charge in [-0.15, -0.1) is 0 Å². The number of amides is 1. The van der Waals surface area contributed by atoms with Gasteiger partial charge in [0, 0.05) is 36.4 Å². The zero-order valence-corrected chi connectivity index (χ0v) is 15.2. The molecule has 0 radical (unpaired) electrons. The lowest BCUT2D eigenvalue weighted by Crippen LogP contribution is -2.36. The van der Waals surface area contributed by atoms with Gasteiger partial charge in [0.2, 0.25) is 6.79 Å². The molecule has 4 rings (SSSR count). The summed E-state index contributed by atoms with van der Waals surface area (Å²) in [6.45, 7) is 2.09. The summed E-state index contributed by atoms with van der Waals surface area (Å²) in [5.41, 5.74) is 2.17. The maximum Gasteiger partial charge on any atom is 0.261 e. The third-order valence-corrected chi connectivity index (χ3v) is 4.17. The summed E-state index contributed by atoms with van der Waals surface area (Å²) < 4.78 is 16.3. The van der Waals surface area contributed by atoms with Crippen molar-refractivity contribution in [1.82, 2.24) is 20.3 Å². The van der Waals surface area contributed by atoms with Crippen LogP contribution in [0.3, 0.4) is 0 Å². The molecule has 0 spiro atoms. The Bertz CT molecular complexity index is 981. The van der Waals surface area contributed by atoms with Crippen molar-refractivity contribution in [3.63, 3.8) is 0 Å². The molecule has 3 aromatic rings. The Morgan fingerprint density at radius 2 is 2.04 bits per heavy atom. The van der Waals surface area contributed by atoms with Gasteiger partial charge in [-0.1, -0.05) is 0 Å². The lowest BCUT2D eigenvalue weighted by Gasteiger charge is -2.15. The summed E-state index contributed by atoms with van der Waals surface area (Å²) in [7, 11) is 0. The van der Waals surface area contributed by atoms with Crippen LogP contribution < -0.4 is 19.5 Å². The molecule has 8 nitrogen and oxygen atoms in total. The van der Waals surface area contributed by atoms with Crippen molar-refractivity contribution in [3.05, 3.63) is 60.8 Å². The van der Waals surface area contributed by atoms with Crippen LogP contribution in [-0.2, 0) is 11.3 Å². The quantitative estimate of drug-likeness (QED) is 0.703. The molecule has 1 aromatic carbocycles. The first-order chi connectivity index (χ1) is 13.7. The first kappa shape index (κ1) is 17.7. The Hall–Kier alpha value is -3.68. The van der Waals surface area contributed by atoms with E-state index in [0.29, 0.717) is 28.6 Å². The van der Waals surface area contributed by atoms with Crippen LogP contribution in [0.2, 0.25) is 0 Å². The lowest BCUT2D eigenvalue weighted by molar-refractivity contribution is -0.127. The SMILES string of the molecule is C[C@H](Oc1ccc2c(c1)OCO2)C(=O)NCc1nccnc1-c1cccnc1. The molecular weight excluding hydrogens is 360 g/mol. The van der Waals surface area contributed by atoms with Crippen LogP contribution in [-0.4, -0.2) is 33.8 Å². The predicted molar refractivity (Wildman–Crippen MR) is 99.8 cm³/mol. The Balaban J connectivity index is 1.39. The van der Waals surface area contributed by atoms with E-state index in [4.69, 9.17) is 14.2 Å². The molecule has 1 aliphatic heterocycles. The molecule has 0 unspecified atom stereocenters. The number of hydrogen-bond acceptors (Lipinski definition) is 7. The molecule has 1 N–H and O–H groups in total. The largest absolute Gasteiger partial charge is 0.481 e. The van der Waals surface area contributed by atoms with Crippen LogP contribution >= 0.6 is 0 Å². The standard InChI is InChI=1S/C20H18N4O4/c1-13(28-15-4-5-17-18(9-15)27-12-26-17)20(25)24-11-16-19(23-8-7-22-16)14-3-2-6-21-10-14/h2-10,13H,11-12H2,1H3,(H,24,25)/t13-/m0/s1. The number of carbonyl (C=O) groups excluding carboxylic acids is 1. The average molecular weight is 378 g/mol. The summed E-state index contributed by atoms with van der Waals surface area (Å²) >= 11 is 0. The summed E-state index contributed by atoms with van der Waals surface area (Å²) in [4.78, 5) is 25.2. The number of rotatable bonds is 6. The van der Waals surface area contributed by atoms with Crippen molar-refractivity contribution >= 4 is 5.91 Å². The zero-order chi connectivity index (χ0) is 19.3. The van der Waals surface area contributed by atoms with Crippen LogP contribution in [0.25, 0.3) is 11.3 Å². The molecule has 28 heavy (non-hydrogen) atoms. The summed E-state index contributed by atoms with van der Waals surface area (Å²) in [5.74, 6) is 1.53. The monoisotopic (exact) mass is 378 g/mol. The van der Waals surface area contributed by atoms with Gasteiger partial charge in [-0.2, -0.15) is 0 Å². The second kappa shape index (κ2) is 7.91. The van der Waals surface area contributed by atoms with Gasteiger partial charge in [0.05, 0.1) is 17.9 Å². The summed E-state index contributed by atoms with van der Waals surface area (Å²) in [6, 6.07) is 8.92. The molecule has 142 valence electrons. The van der Waals surface area contributed by atoms with E-state index in [-0.39, 0.29) is 19.2 Å². The molecule has 2 aromatic heterocycles. The van der Waals surface area contributed by atoms with Gasteiger partial charge in [0.15, 0.2) is 17.6 Å². The van der Waals surface area contributed by atoms with Crippen LogP contribution in [0.15, 0.2) is 55.1 Å². The number of pyridine rings is 1. The van der Waals surface area contributed by atoms with Gasteiger partial charge in [0.1, 0.15) is 5.75 Å². The highest BCUT2D eigenvalue weighted by molar-refractivity contribution is 5.80. The topological polar surface area (TPSA) is 95.5 Å². The van der Waals surface area contributed by atoms with E-state index < -0.39 is 6.10 Å². The molecule has 3 heterocycles. The molecule has 0 saturated carbocycles. The van der Waals surface area contributed by atoms with Crippen molar-refractivity contribution in [3.8, 4) is 28.5 Å². The van der Waals surface area contributed by atoms with E-state index in [1.165, 1.54) is 0 Å². The lowest BCUT2D eigenvalue weighted by atomic mass is 10.1. The van der Waals surface area contributed by atoms with Crippen molar-refractivity contribution in [2.24, 2.45) is 0 Å². The van der Waals surface area contributed by atoms with Crippen molar-refractivity contribution in [1.29, 1.82) is 0 Å². The first-order valence-electron chi connectivity index (χ1n) is 8.75. The summed E-state index contributed by atoms with van der Waals surface area (Å²) in [5, 5.41) is 2.84. The smallest absolute Gasteiger partial charge is 0.261 e. The number of fused-ring (bicyclic) bond motifs is 1. The van der Waals surface area contributed by atoms with E-state index in [0.717, 1.165) is 5.56 Å². The van der Waals surface area contributed by atoms with Gasteiger partial charge in [-0.05, 0) is 31.2 Å². The van der Waals surface area contributed by atoms with Crippen molar-refractivity contribution < 1.29 is 19.0 Å². The van der Waals surface area contributed by atoms with E-state index in [1.807, 2.05) is 12.1 Å². The van der Waals surface area contributed by atoms with E-state index in [2.05, 4.69) is 20.3 Å². The van der Waals surface area contributed by atoms with Gasteiger partial charge in [-0.3, -0.25) is 19.7 Å². The molecule has 1 atom stereocenters. The highest BCUT2D eigenvalue weighted by atomic mass is 16.7. The van der Waals surface area contributed by atoms with Gasteiger partial charge in [0.25, 0.3) is 5.91 Å². The number of carbonyl (C=O) groups is 1. The molecular formula is C20H18N4O4. The average Bonchev–Trinajstić information content (AvgIpc) is 3.20. The van der Waals surface area contributed by atoms with E-state index >= 15 is 0 Å². The molecule has 8 heteroatoms. The van der Waals surface area contributed by atoms with Crippen LogP contribution in [0.1, 0.15) is 12.6 Å². The molecule has 0 saturated heterocycles. The number of benzene rings is 1. The Labute approximate surface area is 161 Å². The third kappa shape index (κ3) is 3.85. The zero-order valence-electron chi connectivity index (χ0n) is 15.2. The molecule has 1 amide bonds.